The smallest absolute Gasteiger partial charge is 0.248 e. The Labute approximate surface area is 113 Å². The van der Waals surface area contributed by atoms with E-state index in [0.29, 0.717) is 23.7 Å². The summed E-state index contributed by atoms with van der Waals surface area (Å²) in [6.45, 7) is 5.08. The Morgan fingerprint density at radius 2 is 2.05 bits per heavy atom. The van der Waals surface area contributed by atoms with E-state index in [1.807, 2.05) is 0 Å². The van der Waals surface area contributed by atoms with Gasteiger partial charge in [0.15, 0.2) is 0 Å². The molecule has 2 amide bonds. The minimum atomic E-state index is -0.481. The monoisotopic (exact) mass is 263 g/mol. The standard InChI is InChI=1S/C14H21N3O2/c1-10(2)6-7-16-13(18)9-17-12-5-3-4-11(8-12)14(15)19/h3-5,8,10,17H,6-7,9H2,1-2H3,(H2,15,19)(H,16,18). The highest BCUT2D eigenvalue weighted by Crippen LogP contribution is 2.09. The van der Waals surface area contributed by atoms with Crippen molar-refractivity contribution < 1.29 is 9.59 Å². The Morgan fingerprint density at radius 1 is 1.32 bits per heavy atom. The number of nitrogens with two attached hydrogens (primary N) is 1. The van der Waals surface area contributed by atoms with E-state index in [2.05, 4.69) is 24.5 Å². The molecule has 104 valence electrons. The summed E-state index contributed by atoms with van der Waals surface area (Å²) in [5.41, 5.74) is 6.31. The first kappa shape index (κ1) is 15.0. The number of primary amides is 1. The van der Waals surface area contributed by atoms with Crippen molar-refractivity contribution in [3.8, 4) is 0 Å². The first-order valence-corrected chi connectivity index (χ1v) is 6.39. The maximum absolute atomic E-state index is 11.6. The molecule has 5 heteroatoms. The molecule has 1 rings (SSSR count). The molecule has 4 N–H and O–H groups in total. The molecule has 0 aliphatic carbocycles. The quantitative estimate of drug-likeness (QED) is 0.694. The fourth-order valence-electron chi connectivity index (χ4n) is 1.53. The van der Waals surface area contributed by atoms with E-state index < -0.39 is 5.91 Å². The van der Waals surface area contributed by atoms with Gasteiger partial charge in [0.1, 0.15) is 0 Å². The Hall–Kier alpha value is -2.04. The summed E-state index contributed by atoms with van der Waals surface area (Å²) in [6.07, 6.45) is 0.961. The molecule has 0 bridgehead atoms. The number of amides is 2. The van der Waals surface area contributed by atoms with Gasteiger partial charge in [-0.05, 0) is 30.5 Å². The van der Waals surface area contributed by atoms with Gasteiger partial charge >= 0.3 is 0 Å². The lowest BCUT2D eigenvalue weighted by atomic mass is 10.1. The molecule has 0 spiro atoms. The van der Waals surface area contributed by atoms with Crippen LogP contribution in [0.25, 0.3) is 0 Å². The fraction of sp³-hybridized carbons (Fsp3) is 0.429. The molecule has 0 aliphatic heterocycles. The number of hydrogen-bond acceptors (Lipinski definition) is 3. The topological polar surface area (TPSA) is 84.2 Å². The second-order valence-electron chi connectivity index (χ2n) is 4.83. The number of hydrogen-bond donors (Lipinski definition) is 3. The molecule has 0 unspecified atom stereocenters. The van der Waals surface area contributed by atoms with Crippen LogP contribution in [0, 0.1) is 5.92 Å². The van der Waals surface area contributed by atoms with Crippen LogP contribution in [0.5, 0.6) is 0 Å². The van der Waals surface area contributed by atoms with Gasteiger partial charge in [0, 0.05) is 17.8 Å². The van der Waals surface area contributed by atoms with Crippen LogP contribution >= 0.6 is 0 Å². The molecule has 1 aromatic carbocycles. The van der Waals surface area contributed by atoms with Crippen LogP contribution in [0.2, 0.25) is 0 Å². The van der Waals surface area contributed by atoms with Crippen molar-refractivity contribution in [1.82, 2.24) is 5.32 Å². The summed E-state index contributed by atoms with van der Waals surface area (Å²) < 4.78 is 0. The summed E-state index contributed by atoms with van der Waals surface area (Å²) >= 11 is 0. The van der Waals surface area contributed by atoms with E-state index in [9.17, 15) is 9.59 Å². The van der Waals surface area contributed by atoms with Crippen molar-refractivity contribution in [1.29, 1.82) is 0 Å². The van der Waals surface area contributed by atoms with Gasteiger partial charge in [-0.2, -0.15) is 0 Å². The van der Waals surface area contributed by atoms with Crippen LogP contribution < -0.4 is 16.4 Å². The predicted molar refractivity (Wildman–Crippen MR) is 75.9 cm³/mol. The molecule has 0 atom stereocenters. The highest BCUT2D eigenvalue weighted by molar-refractivity contribution is 5.93. The minimum Gasteiger partial charge on any atom is -0.376 e. The van der Waals surface area contributed by atoms with Gasteiger partial charge in [0.2, 0.25) is 11.8 Å². The van der Waals surface area contributed by atoms with Gasteiger partial charge < -0.3 is 16.4 Å². The lowest BCUT2D eigenvalue weighted by Crippen LogP contribution is -2.31. The molecule has 0 saturated carbocycles. The van der Waals surface area contributed by atoms with Crippen molar-refractivity contribution >= 4 is 17.5 Å². The van der Waals surface area contributed by atoms with E-state index in [1.54, 1.807) is 24.3 Å². The lowest BCUT2D eigenvalue weighted by Gasteiger charge is -2.09. The Kier molecular flexibility index (Phi) is 5.85. The molecule has 19 heavy (non-hydrogen) atoms. The van der Waals surface area contributed by atoms with Crippen LogP contribution in [0.1, 0.15) is 30.6 Å². The molecule has 5 nitrogen and oxygen atoms in total. The summed E-state index contributed by atoms with van der Waals surface area (Å²) in [5.74, 6) is 0.0238. The van der Waals surface area contributed by atoms with Gasteiger partial charge in [-0.1, -0.05) is 19.9 Å². The normalized spacial score (nSPS) is 10.3. The van der Waals surface area contributed by atoms with Crippen molar-refractivity contribution in [3.63, 3.8) is 0 Å². The molecule has 0 heterocycles. The van der Waals surface area contributed by atoms with E-state index in [4.69, 9.17) is 5.73 Å². The Bertz CT molecular complexity index is 444. The van der Waals surface area contributed by atoms with Crippen LogP contribution in [0.3, 0.4) is 0 Å². The SMILES string of the molecule is CC(C)CCNC(=O)CNc1cccc(C(N)=O)c1. The van der Waals surface area contributed by atoms with Gasteiger partial charge in [0.25, 0.3) is 0 Å². The zero-order valence-corrected chi connectivity index (χ0v) is 11.4. The largest absolute Gasteiger partial charge is 0.376 e. The summed E-state index contributed by atoms with van der Waals surface area (Å²) in [7, 11) is 0. The second kappa shape index (κ2) is 7.41. The molecule has 0 aromatic heterocycles. The van der Waals surface area contributed by atoms with Crippen molar-refractivity contribution in [2.24, 2.45) is 11.7 Å². The number of anilines is 1. The van der Waals surface area contributed by atoms with Crippen molar-refractivity contribution in [2.75, 3.05) is 18.4 Å². The molecule has 0 aliphatic rings. The maximum Gasteiger partial charge on any atom is 0.248 e. The summed E-state index contributed by atoms with van der Waals surface area (Å²) in [5, 5.41) is 5.79. The average molecular weight is 263 g/mol. The highest BCUT2D eigenvalue weighted by Gasteiger charge is 2.04. The van der Waals surface area contributed by atoms with Crippen molar-refractivity contribution in [3.05, 3.63) is 29.8 Å². The first-order valence-electron chi connectivity index (χ1n) is 6.39. The summed E-state index contributed by atoms with van der Waals surface area (Å²) in [4.78, 5) is 22.6. The number of carbonyl (C=O) groups excluding carboxylic acids is 2. The van der Waals surface area contributed by atoms with Gasteiger partial charge in [-0.15, -0.1) is 0 Å². The van der Waals surface area contributed by atoms with Gasteiger partial charge in [-0.3, -0.25) is 9.59 Å². The van der Waals surface area contributed by atoms with E-state index in [1.165, 1.54) is 0 Å². The van der Waals surface area contributed by atoms with E-state index in [0.717, 1.165) is 6.42 Å². The Morgan fingerprint density at radius 3 is 2.68 bits per heavy atom. The fourth-order valence-corrected chi connectivity index (χ4v) is 1.53. The third-order valence-corrected chi connectivity index (χ3v) is 2.64. The van der Waals surface area contributed by atoms with Crippen LogP contribution in [0.4, 0.5) is 5.69 Å². The predicted octanol–water partition coefficient (Wildman–Crippen LogP) is 1.36. The number of nitrogens with one attached hydrogen (secondary N) is 2. The minimum absolute atomic E-state index is 0.0647. The molecular formula is C14H21N3O2. The molecule has 0 fully saturated rings. The van der Waals surface area contributed by atoms with Gasteiger partial charge in [0.05, 0.1) is 6.54 Å². The van der Waals surface area contributed by atoms with Crippen LogP contribution in [-0.2, 0) is 4.79 Å². The average Bonchev–Trinajstić information content (AvgIpc) is 2.36. The van der Waals surface area contributed by atoms with Crippen LogP contribution in [0.15, 0.2) is 24.3 Å². The first-order chi connectivity index (χ1) is 8.99. The summed E-state index contributed by atoms with van der Waals surface area (Å²) in [6, 6.07) is 6.77. The highest BCUT2D eigenvalue weighted by atomic mass is 16.2. The number of carbonyl (C=O) groups is 2. The van der Waals surface area contributed by atoms with E-state index in [-0.39, 0.29) is 12.5 Å². The second-order valence-corrected chi connectivity index (χ2v) is 4.83. The lowest BCUT2D eigenvalue weighted by molar-refractivity contribution is -0.119. The Balaban J connectivity index is 2.37. The van der Waals surface area contributed by atoms with E-state index >= 15 is 0 Å². The van der Waals surface area contributed by atoms with Crippen LogP contribution in [-0.4, -0.2) is 24.9 Å². The number of benzene rings is 1. The zero-order chi connectivity index (χ0) is 14.3. The molecular weight excluding hydrogens is 242 g/mol. The molecule has 1 aromatic rings. The molecule has 0 saturated heterocycles. The molecule has 0 radical (unpaired) electrons. The third-order valence-electron chi connectivity index (χ3n) is 2.64. The number of rotatable bonds is 7. The zero-order valence-electron chi connectivity index (χ0n) is 11.4. The maximum atomic E-state index is 11.6. The van der Waals surface area contributed by atoms with Gasteiger partial charge in [-0.25, -0.2) is 0 Å². The third kappa shape index (κ3) is 5.90. The van der Waals surface area contributed by atoms with Crippen molar-refractivity contribution in [2.45, 2.75) is 20.3 Å².